The Hall–Kier alpha value is -3.50. The van der Waals surface area contributed by atoms with E-state index < -0.39 is 11.6 Å². The molecular formula is C26H32F2N8. The molecule has 0 spiro atoms. The average molecular weight is 495 g/mol. The van der Waals surface area contributed by atoms with Gasteiger partial charge in [-0.25, -0.2) is 23.7 Å². The average Bonchev–Trinajstić information content (AvgIpc) is 3.21. The molecule has 190 valence electrons. The van der Waals surface area contributed by atoms with Crippen molar-refractivity contribution in [2.24, 2.45) is 22.8 Å². The van der Waals surface area contributed by atoms with Gasteiger partial charge in [-0.15, -0.1) is 0 Å². The number of benzene rings is 1. The fraction of sp³-hybridized carbons (Fsp3) is 0.385. The third kappa shape index (κ3) is 5.34. The van der Waals surface area contributed by atoms with Crippen molar-refractivity contribution in [2.75, 3.05) is 26.7 Å². The standard InChI is InChI=1S/C26H32F2N8/c1-16(2)24-19-11-18(12-20(27)26(19)35(4)34-24)25(32-15-29)21(28)13-31-23-6-5-17-14-36(10-8-30-3)9-7-22(17)33-23/h5-6,11-13,15-16,30H,7-10,14H2,1-4H3,(H2,29,32)/b25-21+,31-13?. The van der Waals surface area contributed by atoms with Gasteiger partial charge in [0.1, 0.15) is 17.0 Å². The van der Waals surface area contributed by atoms with Gasteiger partial charge in [-0.05, 0) is 36.7 Å². The molecule has 3 N–H and O–H groups in total. The van der Waals surface area contributed by atoms with Crippen molar-refractivity contribution in [1.82, 2.24) is 25.0 Å². The van der Waals surface area contributed by atoms with Crippen LogP contribution < -0.4 is 11.1 Å². The third-order valence-corrected chi connectivity index (χ3v) is 6.27. The molecule has 8 nitrogen and oxygen atoms in total. The van der Waals surface area contributed by atoms with E-state index in [0.717, 1.165) is 62.1 Å². The molecule has 0 amide bonds. The highest BCUT2D eigenvalue weighted by atomic mass is 19.1. The molecule has 0 atom stereocenters. The Labute approximate surface area is 209 Å². The van der Waals surface area contributed by atoms with Crippen LogP contribution in [0.25, 0.3) is 16.6 Å². The van der Waals surface area contributed by atoms with E-state index in [0.29, 0.717) is 16.7 Å². The molecular weight excluding hydrogens is 462 g/mol. The Bertz CT molecular complexity index is 1340. The molecule has 0 unspecified atom stereocenters. The molecule has 0 aliphatic carbocycles. The zero-order valence-electron chi connectivity index (χ0n) is 21.1. The van der Waals surface area contributed by atoms with E-state index >= 15 is 8.78 Å². The maximum atomic E-state index is 15.3. The molecule has 10 heteroatoms. The van der Waals surface area contributed by atoms with E-state index in [1.54, 1.807) is 19.2 Å². The second-order valence-electron chi connectivity index (χ2n) is 9.16. The first-order valence-corrected chi connectivity index (χ1v) is 12.0. The van der Waals surface area contributed by atoms with Crippen LogP contribution in [-0.2, 0) is 20.0 Å². The molecule has 1 aromatic carbocycles. The van der Waals surface area contributed by atoms with E-state index in [2.05, 4.69) is 30.3 Å². The van der Waals surface area contributed by atoms with Crippen LogP contribution in [0.1, 0.15) is 42.3 Å². The highest BCUT2D eigenvalue weighted by Crippen LogP contribution is 2.31. The van der Waals surface area contributed by atoms with E-state index in [1.807, 2.05) is 27.0 Å². The first kappa shape index (κ1) is 25.6. The molecule has 3 aromatic rings. The summed E-state index contributed by atoms with van der Waals surface area (Å²) in [7, 11) is 3.63. The summed E-state index contributed by atoms with van der Waals surface area (Å²) in [6.45, 7) is 7.60. The Morgan fingerprint density at radius 1 is 1.31 bits per heavy atom. The lowest BCUT2D eigenvalue weighted by atomic mass is 10.0. The summed E-state index contributed by atoms with van der Waals surface area (Å²) >= 11 is 0. The van der Waals surface area contributed by atoms with Crippen LogP contribution in [0.5, 0.6) is 0 Å². The number of nitrogens with one attached hydrogen (secondary N) is 1. The van der Waals surface area contributed by atoms with Gasteiger partial charge in [-0.3, -0.25) is 9.58 Å². The zero-order chi connectivity index (χ0) is 25.8. The van der Waals surface area contributed by atoms with Gasteiger partial charge in [0.25, 0.3) is 0 Å². The summed E-state index contributed by atoms with van der Waals surface area (Å²) in [5, 5.41) is 8.21. The Morgan fingerprint density at radius 3 is 2.83 bits per heavy atom. The van der Waals surface area contributed by atoms with Gasteiger partial charge in [0.15, 0.2) is 11.6 Å². The summed E-state index contributed by atoms with van der Waals surface area (Å²) in [4.78, 5) is 15.2. The normalized spacial score (nSPS) is 15.4. The third-order valence-electron chi connectivity index (χ3n) is 6.27. The summed E-state index contributed by atoms with van der Waals surface area (Å²) < 4.78 is 31.8. The molecule has 1 aliphatic rings. The van der Waals surface area contributed by atoms with Gasteiger partial charge in [0.05, 0.1) is 18.2 Å². The predicted molar refractivity (Wildman–Crippen MR) is 141 cm³/mol. The molecule has 4 rings (SSSR count). The number of pyridine rings is 1. The van der Waals surface area contributed by atoms with Crippen LogP contribution >= 0.6 is 0 Å². The highest BCUT2D eigenvalue weighted by molar-refractivity contribution is 5.94. The van der Waals surface area contributed by atoms with Crippen molar-refractivity contribution < 1.29 is 8.78 Å². The van der Waals surface area contributed by atoms with Crippen molar-refractivity contribution in [3.8, 4) is 0 Å². The Morgan fingerprint density at radius 2 is 2.11 bits per heavy atom. The topological polar surface area (TPSA) is 96.7 Å². The molecule has 0 saturated carbocycles. The molecule has 1 aliphatic heterocycles. The largest absolute Gasteiger partial charge is 0.390 e. The van der Waals surface area contributed by atoms with Crippen molar-refractivity contribution in [2.45, 2.75) is 32.7 Å². The van der Waals surface area contributed by atoms with Gasteiger partial charge in [-0.2, -0.15) is 5.10 Å². The van der Waals surface area contributed by atoms with Crippen molar-refractivity contribution in [3.05, 3.63) is 58.4 Å². The number of aliphatic imine (C=N–C) groups is 2. The first-order chi connectivity index (χ1) is 17.3. The number of allylic oxidation sites excluding steroid dienone is 1. The number of nitrogens with zero attached hydrogens (tertiary/aromatic N) is 6. The number of hydrogen-bond acceptors (Lipinski definition) is 6. The lowest BCUT2D eigenvalue weighted by molar-refractivity contribution is 0.254. The zero-order valence-corrected chi connectivity index (χ0v) is 21.1. The minimum absolute atomic E-state index is 0.0608. The van der Waals surface area contributed by atoms with Crippen LogP contribution in [-0.4, -0.2) is 58.9 Å². The number of aromatic nitrogens is 3. The van der Waals surface area contributed by atoms with Crippen LogP contribution in [0.2, 0.25) is 0 Å². The van der Waals surface area contributed by atoms with E-state index in [-0.39, 0.29) is 17.2 Å². The summed E-state index contributed by atoms with van der Waals surface area (Å²) in [6.07, 6.45) is 2.84. The maximum absolute atomic E-state index is 15.3. The van der Waals surface area contributed by atoms with Crippen molar-refractivity contribution in [3.63, 3.8) is 0 Å². The predicted octanol–water partition coefficient (Wildman–Crippen LogP) is 3.84. The van der Waals surface area contributed by atoms with Gasteiger partial charge >= 0.3 is 0 Å². The summed E-state index contributed by atoms with van der Waals surface area (Å²) in [6, 6.07) is 6.68. The minimum atomic E-state index is -0.747. The quantitative estimate of drug-likeness (QED) is 0.366. The van der Waals surface area contributed by atoms with Gasteiger partial charge in [-0.1, -0.05) is 19.9 Å². The lowest BCUT2D eigenvalue weighted by Gasteiger charge is -2.27. The van der Waals surface area contributed by atoms with Crippen LogP contribution in [0.4, 0.5) is 14.6 Å². The van der Waals surface area contributed by atoms with Gasteiger partial charge in [0.2, 0.25) is 0 Å². The second kappa shape index (κ2) is 11.0. The maximum Gasteiger partial charge on any atom is 0.167 e. The van der Waals surface area contributed by atoms with E-state index in [4.69, 9.17) is 5.73 Å². The van der Waals surface area contributed by atoms with Crippen LogP contribution in [0.15, 0.2) is 40.1 Å². The fourth-order valence-electron chi connectivity index (χ4n) is 4.48. The van der Waals surface area contributed by atoms with Crippen LogP contribution in [0, 0.1) is 5.82 Å². The molecule has 0 fully saturated rings. The number of nitrogens with two attached hydrogens (primary N) is 1. The summed E-state index contributed by atoms with van der Waals surface area (Å²) in [5.74, 6) is -0.799. The SMILES string of the molecule is CNCCN1CCc2nc(N=C/C(F)=C(\N=CN)c3cc(F)c4c(c3)c(C(C)C)nn4C)ccc2C1. The molecule has 0 radical (unpaired) electrons. The van der Waals surface area contributed by atoms with Gasteiger partial charge < -0.3 is 11.1 Å². The molecule has 2 aromatic heterocycles. The summed E-state index contributed by atoms with van der Waals surface area (Å²) in [5.41, 5.74) is 8.84. The highest BCUT2D eigenvalue weighted by Gasteiger charge is 2.19. The molecule has 3 heterocycles. The molecule has 36 heavy (non-hydrogen) atoms. The lowest BCUT2D eigenvalue weighted by Crippen LogP contribution is -2.35. The fourth-order valence-corrected chi connectivity index (χ4v) is 4.48. The second-order valence-corrected chi connectivity index (χ2v) is 9.16. The number of hydrogen-bond donors (Lipinski definition) is 2. The van der Waals surface area contributed by atoms with Gasteiger partial charge in [0, 0.05) is 56.3 Å². The Balaban J connectivity index is 1.65. The first-order valence-electron chi connectivity index (χ1n) is 12.0. The number of rotatable bonds is 8. The van der Waals surface area contributed by atoms with Crippen molar-refractivity contribution in [1.29, 1.82) is 0 Å². The molecule has 0 saturated heterocycles. The Kier molecular flexibility index (Phi) is 7.85. The van der Waals surface area contributed by atoms with E-state index in [9.17, 15) is 0 Å². The smallest absolute Gasteiger partial charge is 0.167 e. The molecule has 0 bridgehead atoms. The number of halogens is 2. The van der Waals surface area contributed by atoms with Crippen LogP contribution in [0.3, 0.4) is 0 Å². The number of likely N-dealkylation sites (N-methyl/N-ethyl adjacent to an activating group) is 1. The number of aryl methyl sites for hydroxylation is 1. The minimum Gasteiger partial charge on any atom is -0.390 e. The number of fused-ring (bicyclic) bond motifs is 2. The van der Waals surface area contributed by atoms with E-state index in [1.165, 1.54) is 10.7 Å². The van der Waals surface area contributed by atoms with Crippen molar-refractivity contribution >= 4 is 35.0 Å². The monoisotopic (exact) mass is 494 g/mol.